The highest BCUT2D eigenvalue weighted by Gasteiger charge is 2.12. The van der Waals surface area contributed by atoms with Gasteiger partial charge >= 0.3 is 5.97 Å². The van der Waals surface area contributed by atoms with Crippen molar-refractivity contribution in [1.82, 2.24) is 14.8 Å². The molecule has 0 spiro atoms. The van der Waals surface area contributed by atoms with Crippen molar-refractivity contribution in [2.24, 2.45) is 0 Å². The van der Waals surface area contributed by atoms with Gasteiger partial charge in [-0.25, -0.2) is 14.5 Å². The van der Waals surface area contributed by atoms with E-state index in [2.05, 4.69) is 10.1 Å². The van der Waals surface area contributed by atoms with E-state index >= 15 is 0 Å². The second-order valence-electron chi connectivity index (χ2n) is 4.70. The number of rotatable bonds is 3. The topological polar surface area (TPSA) is 68.0 Å². The molecule has 1 heterocycles. The fourth-order valence-electron chi connectivity index (χ4n) is 2.07. The molecule has 0 aliphatic carbocycles. The molecule has 0 saturated carbocycles. The van der Waals surface area contributed by atoms with E-state index in [9.17, 15) is 9.90 Å². The van der Waals surface area contributed by atoms with Crippen molar-refractivity contribution in [2.45, 2.75) is 6.92 Å². The summed E-state index contributed by atoms with van der Waals surface area (Å²) in [7, 11) is 0. The number of benzene rings is 2. The quantitative estimate of drug-likeness (QED) is 0.800. The highest BCUT2D eigenvalue weighted by molar-refractivity contribution is 5.91. The Hall–Kier alpha value is -2.95. The van der Waals surface area contributed by atoms with E-state index in [1.807, 2.05) is 31.2 Å². The molecule has 2 aromatic carbocycles. The zero-order valence-corrected chi connectivity index (χ0v) is 11.4. The van der Waals surface area contributed by atoms with E-state index in [1.54, 1.807) is 24.3 Å². The van der Waals surface area contributed by atoms with Crippen LogP contribution in [0.2, 0.25) is 0 Å². The van der Waals surface area contributed by atoms with Gasteiger partial charge in [0.05, 0.1) is 11.3 Å². The Morgan fingerprint density at radius 2 is 1.81 bits per heavy atom. The molecule has 0 fully saturated rings. The lowest BCUT2D eigenvalue weighted by atomic mass is 10.1. The van der Waals surface area contributed by atoms with Crippen molar-refractivity contribution in [1.29, 1.82) is 0 Å². The largest absolute Gasteiger partial charge is 0.478 e. The van der Waals surface area contributed by atoms with Gasteiger partial charge in [0.15, 0.2) is 5.82 Å². The van der Waals surface area contributed by atoms with Crippen LogP contribution in [-0.4, -0.2) is 25.8 Å². The molecule has 0 atom stereocenters. The number of nitrogens with zero attached hydrogens (tertiary/aromatic N) is 3. The fraction of sp³-hybridized carbons (Fsp3) is 0.0625. The Kier molecular flexibility index (Phi) is 3.23. The third kappa shape index (κ3) is 2.53. The lowest BCUT2D eigenvalue weighted by Crippen LogP contribution is -2.05. The summed E-state index contributed by atoms with van der Waals surface area (Å²) in [5.41, 5.74) is 2.75. The van der Waals surface area contributed by atoms with Crippen LogP contribution in [-0.2, 0) is 0 Å². The Labute approximate surface area is 121 Å². The third-order valence-corrected chi connectivity index (χ3v) is 3.18. The van der Waals surface area contributed by atoms with Crippen molar-refractivity contribution < 1.29 is 9.90 Å². The molecule has 0 radical (unpaired) electrons. The summed E-state index contributed by atoms with van der Waals surface area (Å²) in [5.74, 6) is -0.423. The first-order valence-electron chi connectivity index (χ1n) is 6.46. The van der Waals surface area contributed by atoms with Crippen LogP contribution in [0, 0.1) is 6.92 Å². The number of para-hydroxylation sites is 1. The summed E-state index contributed by atoms with van der Waals surface area (Å²) < 4.78 is 1.48. The van der Waals surface area contributed by atoms with Crippen LogP contribution in [0.4, 0.5) is 0 Å². The summed E-state index contributed by atoms with van der Waals surface area (Å²) in [4.78, 5) is 15.5. The highest BCUT2D eigenvalue weighted by atomic mass is 16.4. The lowest BCUT2D eigenvalue weighted by molar-refractivity contribution is 0.0696. The minimum absolute atomic E-state index is 0.192. The second kappa shape index (κ2) is 5.20. The first kappa shape index (κ1) is 13.1. The predicted molar refractivity (Wildman–Crippen MR) is 78.5 cm³/mol. The highest BCUT2D eigenvalue weighted by Crippen LogP contribution is 2.18. The van der Waals surface area contributed by atoms with E-state index in [-0.39, 0.29) is 5.56 Å². The van der Waals surface area contributed by atoms with E-state index in [0.717, 1.165) is 11.1 Å². The molecule has 0 unspecified atom stereocenters. The maximum atomic E-state index is 11.2. The zero-order chi connectivity index (χ0) is 14.8. The van der Waals surface area contributed by atoms with Crippen LogP contribution in [0.15, 0.2) is 54.9 Å². The van der Waals surface area contributed by atoms with Gasteiger partial charge in [0.25, 0.3) is 0 Å². The van der Waals surface area contributed by atoms with Gasteiger partial charge in [-0.1, -0.05) is 42.0 Å². The summed E-state index contributed by atoms with van der Waals surface area (Å²) in [6.07, 6.45) is 1.52. The summed E-state index contributed by atoms with van der Waals surface area (Å²) >= 11 is 0. The van der Waals surface area contributed by atoms with Gasteiger partial charge in [0, 0.05) is 5.56 Å². The standard InChI is InChI=1S/C16H13N3O2/c1-11-6-8-12(9-7-11)15-17-10-19(18-15)14-5-3-2-4-13(14)16(20)21/h2-10H,1H3,(H,20,21). The van der Waals surface area contributed by atoms with Crippen LogP contribution >= 0.6 is 0 Å². The molecule has 0 aliphatic heterocycles. The third-order valence-electron chi connectivity index (χ3n) is 3.18. The summed E-state index contributed by atoms with van der Waals surface area (Å²) in [6.45, 7) is 2.01. The summed E-state index contributed by atoms with van der Waals surface area (Å²) in [6, 6.07) is 14.6. The Morgan fingerprint density at radius 3 is 2.52 bits per heavy atom. The first-order valence-corrected chi connectivity index (χ1v) is 6.46. The molecule has 3 rings (SSSR count). The van der Waals surface area contributed by atoms with E-state index in [4.69, 9.17) is 0 Å². The molecule has 1 N–H and O–H groups in total. The number of carbonyl (C=O) groups is 1. The smallest absolute Gasteiger partial charge is 0.337 e. The second-order valence-corrected chi connectivity index (χ2v) is 4.70. The van der Waals surface area contributed by atoms with Crippen molar-refractivity contribution in [2.75, 3.05) is 0 Å². The number of aromatic carboxylic acids is 1. The molecular formula is C16H13N3O2. The molecule has 3 aromatic rings. The number of carboxylic acids is 1. The lowest BCUT2D eigenvalue weighted by Gasteiger charge is -2.04. The van der Waals surface area contributed by atoms with E-state index < -0.39 is 5.97 Å². The van der Waals surface area contributed by atoms with Crippen LogP contribution < -0.4 is 0 Å². The SMILES string of the molecule is Cc1ccc(-c2ncn(-c3ccccc3C(=O)O)n2)cc1. The van der Waals surface area contributed by atoms with Crippen LogP contribution in [0.3, 0.4) is 0 Å². The molecule has 21 heavy (non-hydrogen) atoms. The van der Waals surface area contributed by atoms with Crippen molar-refractivity contribution >= 4 is 5.97 Å². The number of aromatic nitrogens is 3. The van der Waals surface area contributed by atoms with Crippen LogP contribution in [0.1, 0.15) is 15.9 Å². The maximum absolute atomic E-state index is 11.2. The molecule has 5 nitrogen and oxygen atoms in total. The van der Waals surface area contributed by atoms with Gasteiger partial charge in [-0.2, -0.15) is 0 Å². The minimum atomic E-state index is -0.988. The Balaban J connectivity index is 2.03. The van der Waals surface area contributed by atoms with E-state index in [1.165, 1.54) is 11.0 Å². The van der Waals surface area contributed by atoms with Crippen molar-refractivity contribution in [3.8, 4) is 17.1 Å². The van der Waals surface area contributed by atoms with E-state index in [0.29, 0.717) is 11.5 Å². The van der Waals surface area contributed by atoms with Crippen molar-refractivity contribution in [3.05, 3.63) is 66.0 Å². The van der Waals surface area contributed by atoms with Gasteiger partial charge in [-0.05, 0) is 19.1 Å². The van der Waals surface area contributed by atoms with Crippen LogP contribution in [0.5, 0.6) is 0 Å². The molecule has 0 saturated heterocycles. The van der Waals surface area contributed by atoms with Crippen molar-refractivity contribution in [3.63, 3.8) is 0 Å². The molecule has 5 heteroatoms. The maximum Gasteiger partial charge on any atom is 0.337 e. The number of aryl methyl sites for hydroxylation is 1. The predicted octanol–water partition coefficient (Wildman–Crippen LogP) is 2.94. The van der Waals surface area contributed by atoms with Gasteiger partial charge in [-0.3, -0.25) is 0 Å². The summed E-state index contributed by atoms with van der Waals surface area (Å²) in [5, 5.41) is 13.6. The Morgan fingerprint density at radius 1 is 1.10 bits per heavy atom. The van der Waals surface area contributed by atoms with Gasteiger partial charge in [0.1, 0.15) is 6.33 Å². The molecule has 0 bridgehead atoms. The average Bonchev–Trinajstić information content (AvgIpc) is 2.97. The normalized spacial score (nSPS) is 10.5. The molecule has 0 amide bonds. The monoisotopic (exact) mass is 279 g/mol. The number of hydrogen-bond donors (Lipinski definition) is 1. The minimum Gasteiger partial charge on any atom is -0.478 e. The molecule has 1 aromatic heterocycles. The average molecular weight is 279 g/mol. The van der Waals surface area contributed by atoms with Gasteiger partial charge in [-0.15, -0.1) is 5.10 Å². The fourth-order valence-corrected chi connectivity index (χ4v) is 2.07. The Bertz CT molecular complexity index is 791. The van der Waals surface area contributed by atoms with Crippen LogP contribution in [0.25, 0.3) is 17.1 Å². The molecule has 104 valence electrons. The molecule has 0 aliphatic rings. The molecular weight excluding hydrogens is 266 g/mol. The van der Waals surface area contributed by atoms with Gasteiger partial charge in [0.2, 0.25) is 0 Å². The number of hydrogen-bond acceptors (Lipinski definition) is 3. The van der Waals surface area contributed by atoms with Gasteiger partial charge < -0.3 is 5.11 Å². The first-order chi connectivity index (χ1) is 10.1. The zero-order valence-electron chi connectivity index (χ0n) is 11.4. The number of carboxylic acid groups (broad SMARTS) is 1.